The van der Waals surface area contributed by atoms with Gasteiger partial charge < -0.3 is 21.0 Å². The molecule has 7 heteroatoms. The van der Waals surface area contributed by atoms with Crippen molar-refractivity contribution in [1.29, 1.82) is 0 Å². The van der Waals surface area contributed by atoms with Crippen molar-refractivity contribution in [2.24, 2.45) is 0 Å². The monoisotopic (exact) mass is 333 g/mol. The second kappa shape index (κ2) is 7.44. The van der Waals surface area contributed by atoms with Crippen molar-refractivity contribution >= 4 is 23.4 Å². The Morgan fingerprint density at radius 2 is 1.92 bits per heavy atom. The third-order valence-corrected chi connectivity index (χ3v) is 4.44. The molecule has 1 aromatic rings. The molecule has 1 saturated heterocycles. The summed E-state index contributed by atoms with van der Waals surface area (Å²) >= 11 is 0. The minimum Gasteiger partial charge on any atom is -0.412 e. The van der Waals surface area contributed by atoms with Crippen LogP contribution in [0.1, 0.15) is 42.1 Å². The van der Waals surface area contributed by atoms with Crippen LogP contribution < -0.4 is 10.6 Å². The van der Waals surface area contributed by atoms with Gasteiger partial charge in [-0.3, -0.25) is 14.4 Å². The molecule has 0 aliphatic carbocycles. The summed E-state index contributed by atoms with van der Waals surface area (Å²) in [6.45, 7) is 2.82. The first kappa shape index (κ1) is 17.9. The molecular formula is C17H23N3O4. The van der Waals surface area contributed by atoms with Gasteiger partial charge in [0.2, 0.25) is 11.8 Å². The fraction of sp³-hybridized carbons (Fsp3) is 0.471. The van der Waals surface area contributed by atoms with Gasteiger partial charge in [0.15, 0.2) is 0 Å². The maximum atomic E-state index is 12.6. The van der Waals surface area contributed by atoms with E-state index in [4.69, 9.17) is 0 Å². The van der Waals surface area contributed by atoms with Crippen LogP contribution in [0.2, 0.25) is 0 Å². The van der Waals surface area contributed by atoms with Gasteiger partial charge in [0.1, 0.15) is 0 Å². The molecule has 0 spiro atoms. The maximum absolute atomic E-state index is 12.6. The van der Waals surface area contributed by atoms with Crippen LogP contribution in [0.5, 0.6) is 0 Å². The summed E-state index contributed by atoms with van der Waals surface area (Å²) in [4.78, 5) is 36.9. The van der Waals surface area contributed by atoms with E-state index in [0.717, 1.165) is 24.1 Å². The number of hydrogen-bond donors (Lipinski definition) is 2. The lowest BCUT2D eigenvalue weighted by Crippen LogP contribution is -2.46. The van der Waals surface area contributed by atoms with E-state index >= 15 is 0 Å². The molecule has 7 nitrogen and oxygen atoms in total. The molecule has 0 bridgehead atoms. The lowest BCUT2D eigenvalue weighted by Gasteiger charge is -2.32. The lowest BCUT2D eigenvalue weighted by molar-refractivity contribution is -0.120. The second-order valence-electron chi connectivity index (χ2n) is 6.19. The molecule has 0 saturated carbocycles. The van der Waals surface area contributed by atoms with E-state index in [1.54, 1.807) is 6.07 Å². The summed E-state index contributed by atoms with van der Waals surface area (Å²) in [6, 6.07) is 5.63. The molecule has 1 fully saturated rings. The third kappa shape index (κ3) is 3.91. The normalized spacial score (nSPS) is 17.4. The van der Waals surface area contributed by atoms with Crippen molar-refractivity contribution in [2.75, 3.05) is 18.4 Å². The van der Waals surface area contributed by atoms with Gasteiger partial charge in [0, 0.05) is 43.7 Å². The number of benzene rings is 1. The second-order valence-corrected chi connectivity index (χ2v) is 6.19. The number of piperidine rings is 1. The highest BCUT2D eigenvalue weighted by atomic mass is 16.2. The fourth-order valence-corrected chi connectivity index (χ4v) is 3.21. The molecule has 3 amide bonds. The van der Waals surface area contributed by atoms with Crippen molar-refractivity contribution < 1.29 is 19.9 Å². The Bertz CT molecular complexity index is 651. The standard InChI is InChI=1S/C17H21N3O3.H2O/c1-11(21)18-14-6-8-20(9-7-14)17(23)13-2-4-15-12(10-13)3-5-16(22)19-15;/h2,4,10,14H,3,5-9H2,1H3,(H,18,21)(H,19,22);1H2. The van der Waals surface area contributed by atoms with Crippen LogP contribution in [0.15, 0.2) is 18.2 Å². The van der Waals surface area contributed by atoms with Crippen LogP contribution in [0.3, 0.4) is 0 Å². The fourth-order valence-electron chi connectivity index (χ4n) is 3.21. The Morgan fingerprint density at radius 1 is 1.21 bits per heavy atom. The number of hydrogen-bond acceptors (Lipinski definition) is 3. The summed E-state index contributed by atoms with van der Waals surface area (Å²) in [7, 11) is 0. The summed E-state index contributed by atoms with van der Waals surface area (Å²) in [6.07, 6.45) is 2.71. The predicted molar refractivity (Wildman–Crippen MR) is 89.7 cm³/mol. The highest BCUT2D eigenvalue weighted by molar-refractivity contribution is 5.98. The highest BCUT2D eigenvalue weighted by Gasteiger charge is 2.25. The summed E-state index contributed by atoms with van der Waals surface area (Å²) in [5, 5.41) is 5.73. The summed E-state index contributed by atoms with van der Waals surface area (Å²) < 4.78 is 0. The van der Waals surface area contributed by atoms with E-state index in [-0.39, 0.29) is 29.2 Å². The number of fused-ring (bicyclic) bond motifs is 1. The quantitative estimate of drug-likeness (QED) is 0.821. The van der Waals surface area contributed by atoms with Gasteiger partial charge in [-0.2, -0.15) is 0 Å². The zero-order valence-corrected chi connectivity index (χ0v) is 13.7. The Balaban J connectivity index is 0.00000208. The van der Waals surface area contributed by atoms with Crippen LogP contribution in [0.25, 0.3) is 0 Å². The van der Waals surface area contributed by atoms with E-state index in [0.29, 0.717) is 31.5 Å². The first-order valence-electron chi connectivity index (χ1n) is 8.02. The lowest BCUT2D eigenvalue weighted by atomic mass is 9.99. The van der Waals surface area contributed by atoms with Crippen molar-refractivity contribution in [1.82, 2.24) is 10.2 Å². The van der Waals surface area contributed by atoms with Crippen molar-refractivity contribution in [2.45, 2.75) is 38.6 Å². The van der Waals surface area contributed by atoms with Crippen molar-refractivity contribution in [3.63, 3.8) is 0 Å². The number of rotatable bonds is 2. The molecule has 2 aliphatic heterocycles. The molecule has 0 atom stereocenters. The van der Waals surface area contributed by atoms with Gasteiger partial charge in [-0.15, -0.1) is 0 Å². The molecular weight excluding hydrogens is 310 g/mol. The molecule has 0 radical (unpaired) electrons. The first-order chi connectivity index (χ1) is 11.0. The SMILES string of the molecule is CC(=O)NC1CCN(C(=O)c2ccc3c(c2)CCC(=O)N3)CC1.O. The van der Waals surface area contributed by atoms with E-state index in [1.807, 2.05) is 17.0 Å². The largest absolute Gasteiger partial charge is 0.412 e. The minimum absolute atomic E-state index is 0. The molecule has 0 unspecified atom stereocenters. The van der Waals surface area contributed by atoms with E-state index in [9.17, 15) is 14.4 Å². The topological polar surface area (TPSA) is 110 Å². The number of anilines is 1. The van der Waals surface area contributed by atoms with Crippen molar-refractivity contribution in [3.8, 4) is 0 Å². The predicted octanol–water partition coefficient (Wildman–Crippen LogP) is 0.487. The average Bonchev–Trinajstić information content (AvgIpc) is 2.54. The number of carbonyl (C=O) groups is 3. The van der Waals surface area contributed by atoms with Crippen LogP contribution >= 0.6 is 0 Å². The minimum atomic E-state index is -0.0217. The Morgan fingerprint density at radius 3 is 2.58 bits per heavy atom. The van der Waals surface area contributed by atoms with Crippen LogP contribution in [0.4, 0.5) is 5.69 Å². The molecule has 3 rings (SSSR count). The maximum Gasteiger partial charge on any atom is 0.253 e. The number of likely N-dealkylation sites (tertiary alicyclic amines) is 1. The van der Waals surface area contributed by atoms with Gasteiger partial charge >= 0.3 is 0 Å². The third-order valence-electron chi connectivity index (χ3n) is 4.44. The number of aryl methyl sites for hydroxylation is 1. The first-order valence-corrected chi connectivity index (χ1v) is 8.02. The van der Waals surface area contributed by atoms with Crippen molar-refractivity contribution in [3.05, 3.63) is 29.3 Å². The zero-order valence-electron chi connectivity index (χ0n) is 13.7. The summed E-state index contributed by atoms with van der Waals surface area (Å²) in [5.74, 6) is 0.0223. The molecule has 4 N–H and O–H groups in total. The van der Waals surface area contributed by atoms with Gasteiger partial charge in [-0.05, 0) is 43.0 Å². The molecule has 24 heavy (non-hydrogen) atoms. The molecule has 130 valence electrons. The number of nitrogens with one attached hydrogen (secondary N) is 2. The van der Waals surface area contributed by atoms with E-state index in [1.165, 1.54) is 6.92 Å². The smallest absolute Gasteiger partial charge is 0.253 e. The molecule has 2 heterocycles. The average molecular weight is 333 g/mol. The molecule has 2 aliphatic rings. The van der Waals surface area contributed by atoms with E-state index in [2.05, 4.69) is 10.6 Å². The Labute approximate surface area is 140 Å². The van der Waals surface area contributed by atoms with Gasteiger partial charge in [-0.25, -0.2) is 0 Å². The molecule has 1 aromatic carbocycles. The van der Waals surface area contributed by atoms with Gasteiger partial charge in [-0.1, -0.05) is 0 Å². The van der Waals surface area contributed by atoms with Gasteiger partial charge in [0.25, 0.3) is 5.91 Å². The highest BCUT2D eigenvalue weighted by Crippen LogP contribution is 2.24. The zero-order chi connectivity index (χ0) is 16.4. The molecule has 0 aromatic heterocycles. The number of carbonyl (C=O) groups excluding carboxylic acids is 3. The van der Waals surface area contributed by atoms with Crippen LogP contribution in [0, 0.1) is 0 Å². The summed E-state index contributed by atoms with van der Waals surface area (Å²) in [5.41, 5.74) is 2.49. The van der Waals surface area contributed by atoms with Crippen LogP contribution in [-0.4, -0.2) is 47.2 Å². The van der Waals surface area contributed by atoms with Gasteiger partial charge in [0.05, 0.1) is 0 Å². The van der Waals surface area contributed by atoms with E-state index < -0.39 is 0 Å². The number of nitrogens with zero attached hydrogens (tertiary/aromatic N) is 1. The number of amides is 3. The Hall–Kier alpha value is -2.41. The Kier molecular flexibility index (Phi) is 5.56. The van der Waals surface area contributed by atoms with Crippen LogP contribution in [-0.2, 0) is 16.0 Å².